The Bertz CT molecular complexity index is 797. The smallest absolute Gasteiger partial charge is 0.283 e. The van der Waals surface area contributed by atoms with E-state index in [0.717, 1.165) is 11.5 Å². The van der Waals surface area contributed by atoms with Gasteiger partial charge in [-0.25, -0.2) is 0 Å². The van der Waals surface area contributed by atoms with Crippen molar-refractivity contribution in [2.75, 3.05) is 19.8 Å². The fourth-order valence-corrected chi connectivity index (χ4v) is 3.02. The summed E-state index contributed by atoms with van der Waals surface area (Å²) in [6.45, 7) is 8.59. The van der Waals surface area contributed by atoms with Gasteiger partial charge in [-0.3, -0.25) is 20.4 Å². The zero-order valence-corrected chi connectivity index (χ0v) is 17.1. The molecule has 2 amide bonds. The summed E-state index contributed by atoms with van der Waals surface area (Å²) in [7, 11) is 0. The lowest BCUT2D eigenvalue weighted by atomic mass is 10.1. The van der Waals surface area contributed by atoms with E-state index >= 15 is 0 Å². The number of nitrogens with one attached hydrogen (secondary N) is 2. The Labute approximate surface area is 167 Å². The van der Waals surface area contributed by atoms with Crippen molar-refractivity contribution < 1.29 is 23.8 Å². The van der Waals surface area contributed by atoms with E-state index in [1.807, 2.05) is 27.7 Å². The maximum absolute atomic E-state index is 12.5. The molecule has 2 aromatic rings. The molecule has 1 aromatic carbocycles. The van der Waals surface area contributed by atoms with Crippen molar-refractivity contribution in [3.63, 3.8) is 0 Å². The van der Waals surface area contributed by atoms with Gasteiger partial charge in [0, 0.05) is 5.56 Å². The molecule has 0 atom stereocenters. The second kappa shape index (κ2) is 10.5. The third kappa shape index (κ3) is 5.10. The van der Waals surface area contributed by atoms with Crippen molar-refractivity contribution in [1.82, 2.24) is 20.4 Å². The zero-order chi connectivity index (χ0) is 20.5. The fraction of sp³-hybridized carbons (Fsp3) is 0.444. The molecule has 0 saturated heterocycles. The van der Waals surface area contributed by atoms with Crippen LogP contribution >= 0.6 is 11.5 Å². The first-order valence-electron chi connectivity index (χ1n) is 9.03. The van der Waals surface area contributed by atoms with Gasteiger partial charge in [-0.05, 0) is 50.9 Å². The highest BCUT2D eigenvalue weighted by Gasteiger charge is 2.20. The van der Waals surface area contributed by atoms with E-state index < -0.39 is 11.8 Å². The van der Waals surface area contributed by atoms with Crippen LogP contribution in [-0.2, 0) is 6.42 Å². The molecule has 0 aliphatic heterocycles. The van der Waals surface area contributed by atoms with Crippen LogP contribution in [0.4, 0.5) is 0 Å². The highest BCUT2D eigenvalue weighted by Crippen LogP contribution is 2.39. The number of aromatic nitrogens is 2. The van der Waals surface area contributed by atoms with Gasteiger partial charge in [0.2, 0.25) is 5.75 Å². The molecular weight excluding hydrogens is 384 g/mol. The summed E-state index contributed by atoms with van der Waals surface area (Å²) in [6.07, 6.45) is 0.571. The van der Waals surface area contributed by atoms with Gasteiger partial charge < -0.3 is 14.2 Å². The second-order valence-electron chi connectivity index (χ2n) is 5.41. The normalized spacial score (nSPS) is 10.3. The Kier molecular flexibility index (Phi) is 8.00. The maximum Gasteiger partial charge on any atom is 0.283 e. The minimum Gasteiger partial charge on any atom is -0.490 e. The summed E-state index contributed by atoms with van der Waals surface area (Å²) < 4.78 is 20.6. The van der Waals surface area contributed by atoms with Crippen molar-refractivity contribution in [3.8, 4) is 17.2 Å². The van der Waals surface area contributed by atoms with Crippen LogP contribution in [0.1, 0.15) is 53.4 Å². The van der Waals surface area contributed by atoms with E-state index in [2.05, 4.69) is 20.4 Å². The van der Waals surface area contributed by atoms with E-state index in [1.54, 1.807) is 12.1 Å². The van der Waals surface area contributed by atoms with Gasteiger partial charge in [0.1, 0.15) is 4.88 Å². The first-order valence-corrected chi connectivity index (χ1v) is 9.81. The number of carbonyl (C=O) groups excluding carboxylic acids is 2. The van der Waals surface area contributed by atoms with Gasteiger partial charge in [0.15, 0.2) is 11.5 Å². The number of nitrogens with zero attached hydrogens (tertiary/aromatic N) is 2. The monoisotopic (exact) mass is 408 g/mol. The first-order chi connectivity index (χ1) is 13.5. The molecule has 1 aromatic heterocycles. The summed E-state index contributed by atoms with van der Waals surface area (Å²) >= 11 is 0.974. The molecule has 0 radical (unpaired) electrons. The lowest BCUT2D eigenvalue weighted by Crippen LogP contribution is -2.41. The van der Waals surface area contributed by atoms with Crippen molar-refractivity contribution in [1.29, 1.82) is 0 Å². The number of amides is 2. The van der Waals surface area contributed by atoms with E-state index in [0.29, 0.717) is 54.1 Å². The Hall–Kier alpha value is -2.88. The quantitative estimate of drug-likeness (QED) is 0.613. The number of carbonyl (C=O) groups is 2. The number of hydrazine groups is 1. The SMILES string of the molecule is CCOc1cc(C(=O)NNC(=O)c2snnc2CC)cc(OCC)c1OCC. The van der Waals surface area contributed by atoms with Crippen LogP contribution in [0.15, 0.2) is 12.1 Å². The molecule has 0 bridgehead atoms. The van der Waals surface area contributed by atoms with E-state index in [-0.39, 0.29) is 5.56 Å². The average molecular weight is 408 g/mol. The summed E-state index contributed by atoms with van der Waals surface area (Å²) in [4.78, 5) is 25.1. The number of rotatable bonds is 9. The molecular formula is C18H24N4O5S. The lowest BCUT2D eigenvalue weighted by molar-refractivity contribution is 0.0847. The summed E-state index contributed by atoms with van der Waals surface area (Å²) in [5.41, 5.74) is 5.61. The summed E-state index contributed by atoms with van der Waals surface area (Å²) in [6, 6.07) is 3.09. The molecule has 0 aliphatic rings. The number of benzene rings is 1. The van der Waals surface area contributed by atoms with Gasteiger partial charge in [-0.15, -0.1) is 5.10 Å². The van der Waals surface area contributed by atoms with Gasteiger partial charge in [0.05, 0.1) is 25.5 Å². The molecule has 2 rings (SSSR count). The number of hydrogen-bond donors (Lipinski definition) is 2. The Morgan fingerprint density at radius 1 is 0.929 bits per heavy atom. The minimum absolute atomic E-state index is 0.258. The van der Waals surface area contributed by atoms with Gasteiger partial charge >= 0.3 is 0 Å². The maximum atomic E-state index is 12.5. The minimum atomic E-state index is -0.520. The lowest BCUT2D eigenvalue weighted by Gasteiger charge is -2.17. The van der Waals surface area contributed by atoms with Crippen molar-refractivity contribution in [2.24, 2.45) is 0 Å². The second-order valence-corrected chi connectivity index (χ2v) is 6.17. The largest absolute Gasteiger partial charge is 0.490 e. The third-order valence-electron chi connectivity index (χ3n) is 3.56. The van der Waals surface area contributed by atoms with Crippen LogP contribution in [0.5, 0.6) is 17.2 Å². The highest BCUT2D eigenvalue weighted by molar-refractivity contribution is 7.08. The predicted octanol–water partition coefficient (Wildman–Crippen LogP) is 2.37. The van der Waals surface area contributed by atoms with Crippen LogP contribution < -0.4 is 25.1 Å². The average Bonchev–Trinajstić information content (AvgIpc) is 3.17. The Morgan fingerprint density at radius 3 is 2.04 bits per heavy atom. The van der Waals surface area contributed by atoms with Crippen LogP contribution in [0.25, 0.3) is 0 Å². The Balaban J connectivity index is 2.20. The van der Waals surface area contributed by atoms with Gasteiger partial charge in [-0.2, -0.15) is 0 Å². The number of hydrogen-bond acceptors (Lipinski definition) is 8. The molecule has 1 heterocycles. The van der Waals surface area contributed by atoms with Crippen LogP contribution in [0.2, 0.25) is 0 Å². The molecule has 0 aliphatic carbocycles. The number of ether oxygens (including phenoxy) is 3. The molecule has 0 unspecified atom stereocenters. The molecule has 9 nitrogen and oxygen atoms in total. The van der Waals surface area contributed by atoms with E-state index in [1.165, 1.54) is 0 Å². The van der Waals surface area contributed by atoms with E-state index in [4.69, 9.17) is 14.2 Å². The topological polar surface area (TPSA) is 112 Å². The van der Waals surface area contributed by atoms with Crippen LogP contribution in [-0.4, -0.2) is 41.2 Å². The van der Waals surface area contributed by atoms with E-state index in [9.17, 15) is 9.59 Å². The standard InChI is InChI=1S/C18H24N4O5S/c1-5-12-16(28-22-19-12)18(24)21-20-17(23)11-9-13(25-6-2)15(27-8-4)14(10-11)26-7-3/h9-10H,5-8H2,1-4H3,(H,20,23)(H,21,24). The molecule has 10 heteroatoms. The molecule has 152 valence electrons. The van der Waals surface area contributed by atoms with Crippen LogP contribution in [0, 0.1) is 0 Å². The third-order valence-corrected chi connectivity index (χ3v) is 4.32. The Morgan fingerprint density at radius 2 is 1.50 bits per heavy atom. The summed E-state index contributed by atoms with van der Waals surface area (Å²) in [5.74, 6) is 0.239. The fourth-order valence-electron chi connectivity index (χ4n) is 2.37. The molecule has 0 spiro atoms. The predicted molar refractivity (Wildman–Crippen MR) is 104 cm³/mol. The van der Waals surface area contributed by atoms with Crippen LogP contribution in [0.3, 0.4) is 0 Å². The van der Waals surface area contributed by atoms with Gasteiger partial charge in [0.25, 0.3) is 11.8 Å². The molecule has 0 fully saturated rings. The highest BCUT2D eigenvalue weighted by atomic mass is 32.1. The first kappa shape index (κ1) is 21.4. The molecule has 0 saturated carbocycles. The molecule has 28 heavy (non-hydrogen) atoms. The zero-order valence-electron chi connectivity index (χ0n) is 16.3. The van der Waals surface area contributed by atoms with Crippen molar-refractivity contribution >= 4 is 23.3 Å². The summed E-state index contributed by atoms with van der Waals surface area (Å²) in [5, 5.41) is 3.88. The van der Waals surface area contributed by atoms with Crippen molar-refractivity contribution in [2.45, 2.75) is 34.1 Å². The molecule has 2 N–H and O–H groups in total. The number of aryl methyl sites for hydroxylation is 1. The van der Waals surface area contributed by atoms with Gasteiger partial charge in [-0.1, -0.05) is 11.4 Å². The van der Waals surface area contributed by atoms with Crippen molar-refractivity contribution in [3.05, 3.63) is 28.3 Å².